The molecule has 11 heterocycles. The third kappa shape index (κ3) is 28.7. The van der Waals surface area contributed by atoms with Gasteiger partial charge in [-0.15, -0.1) is 0 Å². The Morgan fingerprint density at radius 1 is 0.459 bits per heavy atom. The number of nitrogens with one attached hydrogen (secondary N) is 4. The number of azide groups is 1. The van der Waals surface area contributed by atoms with E-state index in [0.717, 1.165) is 4.57 Å². The molecule has 0 amide bonds. The van der Waals surface area contributed by atoms with Crippen LogP contribution in [0.3, 0.4) is 0 Å². The summed E-state index contributed by atoms with van der Waals surface area (Å²) in [6.45, 7) is -6.67. The predicted octanol–water partition coefficient (Wildman–Crippen LogP) is 1.41. The summed E-state index contributed by atoms with van der Waals surface area (Å²) in [5.41, 5.74) is -7.88. The maximum absolute atomic E-state index is 13.6. The lowest BCUT2D eigenvalue weighted by Gasteiger charge is -2.42. The second-order valence-corrected chi connectivity index (χ2v) is 56.7. The Morgan fingerprint density at radius 2 is 0.719 bits per heavy atom. The molecule has 6 bridgehead atoms. The molecule has 7 aliphatic rings. The van der Waals surface area contributed by atoms with Crippen molar-refractivity contribution in [2.45, 2.75) is 223 Å². The first-order chi connectivity index (χ1) is 58.4. The van der Waals surface area contributed by atoms with Crippen LogP contribution in [0.25, 0.3) is 10.4 Å². The number of aromatic nitrogens is 8. The van der Waals surface area contributed by atoms with Gasteiger partial charge in [-0.3, -0.25) is 70.3 Å². The first kappa shape index (κ1) is 128. The number of hydrogen-bond acceptors (Lipinski definition) is 44. The molecule has 7 aliphatic heterocycles. The number of aryl methyl sites for hydroxylation is 4. The summed E-state index contributed by atoms with van der Waals surface area (Å²) in [6, 6.07) is 0. The van der Waals surface area contributed by atoms with Crippen LogP contribution in [-0.4, -0.2) is 143 Å². The number of fused-ring (bicyclic) bond motifs is 6. The number of aromatic amines is 4. The van der Waals surface area contributed by atoms with E-state index in [4.69, 9.17) is 69.4 Å². The maximum atomic E-state index is 13.6. The normalized spacial score (nSPS) is 28.0. The molecule has 7 saturated heterocycles. The molecule has 79 heteroatoms. The van der Waals surface area contributed by atoms with Crippen LogP contribution in [0.2, 0.25) is 0 Å². The first-order valence-corrected chi connectivity index (χ1v) is 58.3. The number of rotatable bonds is 32. The van der Waals surface area contributed by atoms with Crippen molar-refractivity contribution in [1.29, 1.82) is 0 Å². The Morgan fingerprint density at radius 3 is 1.01 bits per heavy atom. The molecule has 53 nitrogen and oxygen atoms in total. The number of hydrogen-bond donors (Lipinski definition) is 8. The molecule has 14 unspecified atom stereocenters. The quantitative estimate of drug-likeness (QED) is 0.00652. The molecule has 780 valence electrons. The molecule has 135 heavy (non-hydrogen) atoms. The molecule has 4 aromatic heterocycles. The summed E-state index contributed by atoms with van der Waals surface area (Å²) in [5, 5.41) is -19.8. The lowest BCUT2D eigenvalue weighted by Crippen LogP contribution is -2.43. The molecule has 8 N–H and O–H groups in total. The van der Waals surface area contributed by atoms with Gasteiger partial charge in [0.25, 0.3) is 22.2 Å². The number of ether oxygens (including phenoxy) is 4. The molecule has 0 aromatic carbocycles. The number of halogens is 8. The minimum absolute atomic E-state index is 0. The fourth-order valence-corrected chi connectivity index (χ4v) is 31.8. The summed E-state index contributed by atoms with van der Waals surface area (Å²) in [6.07, 6.45) is 3.66. The molecule has 7 fully saturated rings. The van der Waals surface area contributed by atoms with Crippen molar-refractivity contribution in [2.75, 3.05) is 33.5 Å². The van der Waals surface area contributed by atoms with E-state index in [2.05, 4.69) is 99.4 Å². The van der Waals surface area contributed by atoms with Crippen LogP contribution in [0.5, 0.6) is 0 Å². The lowest BCUT2D eigenvalue weighted by molar-refractivity contribution is -0.242. The molecule has 0 aliphatic carbocycles. The van der Waals surface area contributed by atoms with Crippen LogP contribution >= 0.6 is 86.3 Å². The van der Waals surface area contributed by atoms with Crippen molar-refractivity contribution in [1.82, 2.24) is 38.2 Å². The van der Waals surface area contributed by atoms with E-state index in [1.54, 1.807) is 0 Å². The highest BCUT2D eigenvalue weighted by Crippen LogP contribution is 2.78. The molecule has 4 aromatic rings. The van der Waals surface area contributed by atoms with E-state index in [9.17, 15) is 159 Å². The van der Waals surface area contributed by atoms with Crippen LogP contribution in [0, 0.1) is 27.7 Å². The van der Waals surface area contributed by atoms with Crippen molar-refractivity contribution in [3.8, 4) is 0 Å². The van der Waals surface area contributed by atoms with Gasteiger partial charge in [-0.05, 0) is 123 Å². The Bertz CT molecular complexity index is 5810. The van der Waals surface area contributed by atoms with Gasteiger partial charge in [-0.2, -0.15) is 35.1 Å². The Balaban J connectivity index is 0.000000593. The molecule has 0 saturated carbocycles. The summed E-state index contributed by atoms with van der Waals surface area (Å²) in [5.74, 6) is 0. The predicted molar refractivity (Wildman–Crippen MR) is 459 cm³/mol. The maximum Gasteiger partial charge on any atom is 0.368 e. The third-order valence-electron chi connectivity index (χ3n) is 19.7. The average Bonchev–Trinajstić information content (AvgIpc) is 1.58. The van der Waals surface area contributed by atoms with Gasteiger partial charge in [-0.1, -0.05) is 89.5 Å². The summed E-state index contributed by atoms with van der Waals surface area (Å²) in [7, 11) is -53.5. The van der Waals surface area contributed by atoms with Gasteiger partial charge in [0.2, 0.25) is 60.8 Å². The largest absolute Gasteiger partial charge is 0.779 e. The van der Waals surface area contributed by atoms with Gasteiger partial charge in [-0.25, -0.2) is 19.2 Å². The van der Waals surface area contributed by atoms with E-state index >= 15 is 0 Å². The van der Waals surface area contributed by atoms with Gasteiger partial charge in [0, 0.05) is 65.4 Å². The fourth-order valence-electron chi connectivity index (χ4n) is 13.1. The Hall–Kier alpha value is -2.72. The summed E-state index contributed by atoms with van der Waals surface area (Å²) < 4.78 is 260. The summed E-state index contributed by atoms with van der Waals surface area (Å²) in [4.78, 5) is 253. The topological polar surface area (TPSA) is 827 Å². The van der Waals surface area contributed by atoms with Crippen molar-refractivity contribution in [3.05, 3.63) is 141 Å². The van der Waals surface area contributed by atoms with Gasteiger partial charge >= 0.3 is 44.4 Å². The molecular formula is C56H88BF8N11O42P12S5-12. The highest BCUT2D eigenvalue weighted by molar-refractivity contribution is 8.52. The molecular weight excluding hydrogens is 2190 g/mol. The van der Waals surface area contributed by atoms with E-state index in [-0.39, 0.29) is 99.0 Å². The van der Waals surface area contributed by atoms with Crippen LogP contribution in [0.15, 0.2) is 68.3 Å². The van der Waals surface area contributed by atoms with Crippen LogP contribution in [0.4, 0.5) is 35.1 Å². The van der Waals surface area contributed by atoms with Gasteiger partial charge in [0.15, 0.2) is 0 Å². The van der Waals surface area contributed by atoms with Crippen LogP contribution in [0.1, 0.15) is 156 Å². The van der Waals surface area contributed by atoms with Crippen LogP contribution in [-0.2, 0) is 167 Å². The van der Waals surface area contributed by atoms with Crippen molar-refractivity contribution in [3.63, 3.8) is 0 Å². The minimum atomic E-state index is -6.82. The van der Waals surface area contributed by atoms with Gasteiger partial charge in [0.05, 0.1) is 62.6 Å². The monoisotopic (exact) mass is 2280 g/mol. The second kappa shape index (κ2) is 44.7. The Labute approximate surface area is 783 Å². The second-order valence-electron chi connectivity index (χ2n) is 28.7. The standard InChI is InChI=1S/C13H21BF2N2O10P3S.C13H19F2N2O11P3S.C13H19F2N2O10P3S2.C11H17F2N2O11P3S.CH3N3.5CH4/c1-8-6-18(10(20)17-9(8)19)12-4-2-11(27-12,3-5-12)7-26-31(14,32)28-30(24,25)13(15,16)29(21,22)23;1-8-6-17(10(19)16-9(8)18)12-4-2-11(27-12,3-5-12)7-26-31(25,32)28-30(23,24)13(14,15)29(20,21)22;1-8-6-17(10(19)16-9(8)18)12-4-2-11(26-12,3-5-12)7-25-30(31,32)27-29(23,24)13(14,15)28(20,21)22;1-6-4-15(10(17)14-9(6)16)8-3-2-7(25-8)5-24-29(23,30)26-28(21,22)11(12,13)27(18,19)20;1-3-4-2;;;;;/h6H,2-5,7H2,1,14H3,(H,24,25)(H,17,19,20)(H2,21,22,23);6H,2-5,7H2,1H3,(H,23,24)(H,25,32)(H,16,18,19)(H2,20,21,22);6H,2-5,7H2,1H3,(H,23,24)(H,31,32)(H,16,18,19)(H2,20,21,22);4,7-8H,2-3,5H2,1H3,(H,21,22)(H,23,30)(H,14,16,17)(H2,18,19,20);1H3;5*1H4/q-1;;;;;;;;;/p-11. The summed E-state index contributed by atoms with van der Waals surface area (Å²) >= 11 is 22.7. The third-order valence-corrected chi connectivity index (χ3v) is 43.6. The number of nitrogens with zero attached hydrogens (tertiary/aromatic N) is 7. The molecule has 0 radical (unpaired) electrons. The lowest BCUT2D eigenvalue weighted by atomic mass is 9.86. The molecule has 11 rings (SSSR count). The molecule has 14 atom stereocenters. The first-order valence-electron chi connectivity index (χ1n) is 34.9. The van der Waals surface area contributed by atoms with Gasteiger partial charge in [0.1, 0.15) is 36.8 Å². The minimum Gasteiger partial charge on any atom is -0.779 e. The van der Waals surface area contributed by atoms with E-state index < -0.39 is 227 Å². The highest BCUT2D eigenvalue weighted by atomic mass is 32.9. The van der Waals surface area contributed by atoms with Crippen LogP contribution < -0.4 is 93.9 Å². The van der Waals surface area contributed by atoms with E-state index in [1.165, 1.54) is 73.2 Å². The average molecular weight is 2280 g/mol. The zero-order valence-electron chi connectivity index (χ0n) is 65.1. The molecule has 0 spiro atoms. The SMILES string of the molecule is C.C.C.C.C.CN=[N+]=[N-].Cc1cn(C23CCC(COP(=S)([S-])OP(=O)([O-])C(F)(F)P(=O)([O-])O)(CC2)O3)c(=O)[nH]c1=O.Cc1cn(C23CCC(COP([O-])(=S)OP(=O)([O-])C(F)(F)P(=O)([O-])O)(CC2)O3)c(=O)[nH]c1=O.Cc1cn(C2CCC(COP([O-])(=S)OP(=O)([O-])C(F)(F)P(=O)([O-])O)O2)c(=O)[nH]c1=O.[BH3-]P(=S)(OCC12CCC(n3cc(C)c(=O)[nH]c3=O)(CC1)O2)OP(=O)([O-])C(F)(F)P(=O)([O-])O. The van der Waals surface area contributed by atoms with Gasteiger partial charge < -0.3 is 159 Å². The smallest absolute Gasteiger partial charge is 0.368 e. The van der Waals surface area contributed by atoms with Crippen molar-refractivity contribution < 1.29 is 194 Å². The zero-order chi connectivity index (χ0) is 99.7. The number of alkyl halides is 8. The van der Waals surface area contributed by atoms with E-state index in [0.29, 0.717) is 56.9 Å². The highest BCUT2D eigenvalue weighted by Gasteiger charge is 2.63. The Kier molecular flexibility index (Phi) is 42.5. The fraction of sp³-hybridized carbons (Fsp3) is 0.714. The zero-order valence-corrected chi connectivity index (χ0v) is 79.9. The van der Waals surface area contributed by atoms with E-state index in [1.807, 2.05) is 0 Å². The van der Waals surface area contributed by atoms with Crippen molar-refractivity contribution in [2.24, 2.45) is 5.11 Å². The number of H-pyrrole nitrogens is 4. The van der Waals surface area contributed by atoms with Crippen molar-refractivity contribution >= 4 is 153 Å².